The van der Waals surface area contributed by atoms with Gasteiger partial charge in [0, 0.05) is 0 Å². The lowest BCUT2D eigenvalue weighted by Gasteiger charge is -2.41. The Labute approximate surface area is 407 Å². The van der Waals surface area contributed by atoms with Gasteiger partial charge in [0.1, 0.15) is 36.6 Å². The van der Waals surface area contributed by atoms with Gasteiger partial charge in [0.25, 0.3) is 0 Å². The number of rotatable bonds is 46. The molecule has 9 N–H and O–H groups in total. The van der Waals surface area contributed by atoms with Crippen LogP contribution in [0.15, 0.2) is 24.3 Å². The van der Waals surface area contributed by atoms with Crippen LogP contribution in [0.2, 0.25) is 0 Å². The summed E-state index contributed by atoms with van der Waals surface area (Å²) in [5, 5.41) is 74.9. The number of carbonyl (C=O) groups excluding carboxylic acids is 1. The molecule has 1 aliphatic rings. The first-order valence-electron chi connectivity index (χ1n) is 27.4. The van der Waals surface area contributed by atoms with Crippen LogP contribution in [0, 0.1) is 0 Å². The number of aliphatic hydroxyl groups excluding tert-OH is 7. The quantitative estimate of drug-likeness (QED) is 0.0158. The predicted octanol–water partition coefficient (Wildman–Crippen LogP) is 10.7. The van der Waals surface area contributed by atoms with Gasteiger partial charge in [-0.25, -0.2) is 4.57 Å². The maximum absolute atomic E-state index is 13.1. The Bertz CT molecular complexity index is 1240. The Hall–Kier alpha value is -1.22. The van der Waals surface area contributed by atoms with Gasteiger partial charge in [0.2, 0.25) is 5.91 Å². The van der Waals surface area contributed by atoms with E-state index in [1.54, 1.807) is 0 Å². The number of amides is 1. The topological polar surface area (TPSA) is 226 Å². The molecule has 0 aromatic rings. The van der Waals surface area contributed by atoms with Crippen molar-refractivity contribution in [3.8, 4) is 0 Å². The Kier molecular flexibility index (Phi) is 40.4. The molecule has 1 amide bonds. The molecule has 13 nitrogen and oxygen atoms in total. The van der Waals surface area contributed by atoms with Crippen LogP contribution in [0.1, 0.15) is 245 Å². The molecule has 0 aromatic heterocycles. The van der Waals surface area contributed by atoms with Crippen LogP contribution in [-0.4, -0.2) is 108 Å². The highest BCUT2D eigenvalue weighted by Gasteiger charge is 2.51. The molecule has 8 unspecified atom stereocenters. The van der Waals surface area contributed by atoms with Crippen LogP contribution < -0.4 is 5.32 Å². The number of carbonyl (C=O) groups is 1. The molecular weight excluding hydrogens is 874 g/mol. The van der Waals surface area contributed by atoms with Crippen molar-refractivity contribution >= 4 is 13.7 Å². The highest BCUT2D eigenvalue weighted by molar-refractivity contribution is 7.47. The normalized spacial score (nSPS) is 22.4. The lowest BCUT2D eigenvalue weighted by molar-refractivity contribution is -0.220. The first-order chi connectivity index (χ1) is 32.3. The first kappa shape index (κ1) is 63.8. The third kappa shape index (κ3) is 33.9. The van der Waals surface area contributed by atoms with Crippen molar-refractivity contribution in [2.75, 3.05) is 6.61 Å². The summed E-state index contributed by atoms with van der Waals surface area (Å²) >= 11 is 0. The van der Waals surface area contributed by atoms with Crippen LogP contribution in [0.4, 0.5) is 0 Å². The maximum Gasteiger partial charge on any atom is 0.472 e. The molecule has 14 heteroatoms. The average molecular weight is 976 g/mol. The summed E-state index contributed by atoms with van der Waals surface area (Å²) in [7, 11) is -5.12. The number of phosphoric acid groups is 1. The largest absolute Gasteiger partial charge is 0.472 e. The summed E-state index contributed by atoms with van der Waals surface area (Å²) in [5.41, 5.74) is 0. The molecule has 0 aliphatic heterocycles. The second kappa shape index (κ2) is 42.5. The molecule has 1 saturated carbocycles. The van der Waals surface area contributed by atoms with E-state index in [0.717, 1.165) is 70.6 Å². The molecule has 0 aromatic carbocycles. The zero-order valence-electron chi connectivity index (χ0n) is 42.3. The summed E-state index contributed by atoms with van der Waals surface area (Å²) in [4.78, 5) is 23.6. The fraction of sp³-hybridized carbons (Fsp3) is 0.906. The van der Waals surface area contributed by atoms with Crippen molar-refractivity contribution in [2.45, 2.75) is 300 Å². The predicted molar refractivity (Wildman–Crippen MR) is 270 cm³/mol. The molecule has 1 fully saturated rings. The van der Waals surface area contributed by atoms with Crippen molar-refractivity contribution in [1.82, 2.24) is 5.32 Å². The fourth-order valence-electron chi connectivity index (χ4n) is 8.87. The van der Waals surface area contributed by atoms with Gasteiger partial charge >= 0.3 is 7.82 Å². The third-order valence-corrected chi connectivity index (χ3v) is 14.3. The molecule has 0 spiro atoms. The van der Waals surface area contributed by atoms with Gasteiger partial charge in [-0.05, 0) is 44.9 Å². The molecule has 67 heavy (non-hydrogen) atoms. The van der Waals surface area contributed by atoms with Crippen molar-refractivity contribution in [3.05, 3.63) is 24.3 Å². The number of phosphoric ester groups is 1. The maximum atomic E-state index is 13.1. The highest BCUT2D eigenvalue weighted by Crippen LogP contribution is 2.47. The molecule has 396 valence electrons. The van der Waals surface area contributed by atoms with Gasteiger partial charge in [-0.3, -0.25) is 13.8 Å². The number of aliphatic hydroxyl groups is 7. The molecule has 8 atom stereocenters. The average Bonchev–Trinajstić information content (AvgIpc) is 3.30. The second-order valence-electron chi connectivity index (χ2n) is 19.6. The summed E-state index contributed by atoms with van der Waals surface area (Å²) < 4.78 is 23.0. The zero-order valence-corrected chi connectivity index (χ0v) is 43.2. The van der Waals surface area contributed by atoms with Crippen molar-refractivity contribution in [3.63, 3.8) is 0 Å². The summed E-state index contributed by atoms with van der Waals surface area (Å²) in [6.45, 7) is 3.82. The van der Waals surface area contributed by atoms with Gasteiger partial charge in [-0.15, -0.1) is 0 Å². The van der Waals surface area contributed by atoms with Crippen molar-refractivity contribution in [2.24, 2.45) is 0 Å². The van der Waals surface area contributed by atoms with Crippen LogP contribution >= 0.6 is 7.82 Å². The summed E-state index contributed by atoms with van der Waals surface area (Å²) in [5.74, 6) is -0.565. The smallest absolute Gasteiger partial charge is 0.393 e. The van der Waals surface area contributed by atoms with Crippen molar-refractivity contribution in [1.29, 1.82) is 0 Å². The van der Waals surface area contributed by atoms with E-state index in [0.29, 0.717) is 12.8 Å². The lowest BCUT2D eigenvalue weighted by Crippen LogP contribution is -2.64. The monoisotopic (exact) mass is 976 g/mol. The standard InChI is InChI=1S/C53H102NO12P/c1-3-5-7-9-11-13-15-17-19-21-22-23-24-25-26-28-30-32-34-36-38-40-44(55)42-47(57)54-45(43-65-67(63,64)66-53-51(61)49(59)48(58)50(60)52(53)62)46(56)41-39-37-35-33-31-29-27-20-18-16-14-12-10-8-6-4-2/h22-23,25-26,44-46,48-53,55-56,58-62H,3-21,24,27-43H2,1-2H3,(H,54,57)(H,63,64)/b23-22-,26-25-. The molecule has 0 radical (unpaired) electrons. The number of hydrogen-bond acceptors (Lipinski definition) is 11. The van der Waals surface area contributed by atoms with Gasteiger partial charge in [-0.1, -0.05) is 218 Å². The minimum Gasteiger partial charge on any atom is -0.393 e. The Morgan fingerprint density at radius 2 is 0.881 bits per heavy atom. The Morgan fingerprint density at radius 3 is 1.30 bits per heavy atom. The number of allylic oxidation sites excluding steroid dienone is 4. The molecule has 0 heterocycles. The van der Waals surface area contributed by atoms with E-state index in [9.17, 15) is 50.0 Å². The number of hydrogen-bond donors (Lipinski definition) is 9. The van der Waals surface area contributed by atoms with Crippen molar-refractivity contribution < 1.29 is 59.0 Å². The first-order valence-corrected chi connectivity index (χ1v) is 28.9. The SMILES string of the molecule is CCCCCCCCCCC/C=C\C/C=C\CCCCCCCC(O)CC(=O)NC(COP(=O)(O)OC1C(O)C(O)C(O)C(O)C1O)C(O)CCCCCCCCCCCCCCCCCC. The van der Waals surface area contributed by atoms with Crippen LogP contribution in [0.25, 0.3) is 0 Å². The van der Waals surface area contributed by atoms with Gasteiger partial charge < -0.3 is 46.0 Å². The summed E-state index contributed by atoms with van der Waals surface area (Å²) in [6.07, 6.45) is 35.0. The van der Waals surface area contributed by atoms with Crippen LogP contribution in [-0.2, 0) is 18.4 Å². The lowest BCUT2D eigenvalue weighted by atomic mass is 9.85. The van der Waals surface area contributed by atoms with Gasteiger partial charge in [0.05, 0.1) is 31.3 Å². The number of nitrogens with one attached hydrogen (secondary N) is 1. The van der Waals surface area contributed by atoms with E-state index in [4.69, 9.17) is 9.05 Å². The molecular formula is C53H102NO12P. The van der Waals surface area contributed by atoms with Gasteiger partial charge in [0.15, 0.2) is 0 Å². The highest BCUT2D eigenvalue weighted by atomic mass is 31.2. The van der Waals surface area contributed by atoms with E-state index in [1.165, 1.54) is 135 Å². The van der Waals surface area contributed by atoms with Crippen LogP contribution in [0.3, 0.4) is 0 Å². The zero-order chi connectivity index (χ0) is 49.4. The summed E-state index contributed by atoms with van der Waals surface area (Å²) in [6, 6.07) is -1.16. The van der Waals surface area contributed by atoms with E-state index < -0.39 is 75.2 Å². The minimum atomic E-state index is -5.12. The fourth-order valence-corrected chi connectivity index (χ4v) is 9.83. The van der Waals surface area contributed by atoms with E-state index in [2.05, 4.69) is 43.5 Å². The number of unbranched alkanes of at least 4 members (excludes halogenated alkanes) is 29. The Morgan fingerprint density at radius 1 is 0.522 bits per heavy atom. The molecule has 1 rings (SSSR count). The third-order valence-electron chi connectivity index (χ3n) is 13.3. The van der Waals surface area contributed by atoms with E-state index in [-0.39, 0.29) is 12.8 Å². The minimum absolute atomic E-state index is 0.230. The molecule has 1 aliphatic carbocycles. The van der Waals surface area contributed by atoms with Gasteiger partial charge in [-0.2, -0.15) is 0 Å². The van der Waals surface area contributed by atoms with E-state index >= 15 is 0 Å². The molecule has 0 saturated heterocycles. The van der Waals surface area contributed by atoms with E-state index in [1.807, 2.05) is 0 Å². The molecule has 0 bridgehead atoms. The Balaban J connectivity index is 2.43. The second-order valence-corrected chi connectivity index (χ2v) is 21.0. The van der Waals surface area contributed by atoms with Crippen LogP contribution in [0.5, 0.6) is 0 Å².